The molecule has 0 unspecified atom stereocenters. The number of carbonyl (C=O) groups excluding carboxylic acids is 3. The summed E-state index contributed by atoms with van der Waals surface area (Å²) in [4.78, 5) is 34.8. The van der Waals surface area contributed by atoms with E-state index in [-0.39, 0.29) is 24.8 Å². The molecule has 0 atom stereocenters. The second-order valence-electron chi connectivity index (χ2n) is 4.84. The molecule has 1 aromatic heterocycles. The normalized spacial score (nSPS) is 10.0. The van der Waals surface area contributed by atoms with E-state index in [1.54, 1.807) is 30.3 Å². The minimum absolute atomic E-state index is 0.114. The van der Waals surface area contributed by atoms with Gasteiger partial charge in [0.05, 0.1) is 19.4 Å². The van der Waals surface area contributed by atoms with E-state index in [1.165, 1.54) is 12.3 Å². The first kappa shape index (κ1) is 17.6. The number of amides is 3. The quantitative estimate of drug-likeness (QED) is 0.696. The Kier molecular flexibility index (Phi) is 6.39. The van der Waals surface area contributed by atoms with E-state index >= 15 is 0 Å². The Morgan fingerprint density at radius 1 is 0.917 bits per heavy atom. The third kappa shape index (κ3) is 5.77. The Balaban J connectivity index is 1.63. The van der Waals surface area contributed by atoms with Crippen LogP contribution in [0, 0.1) is 0 Å². The molecule has 3 N–H and O–H groups in total. The van der Waals surface area contributed by atoms with Gasteiger partial charge in [-0.05, 0) is 29.8 Å². The third-order valence-electron chi connectivity index (χ3n) is 3.00. The highest BCUT2D eigenvalue weighted by Crippen LogP contribution is 2.08. The van der Waals surface area contributed by atoms with E-state index in [2.05, 4.69) is 16.0 Å². The van der Waals surface area contributed by atoms with E-state index in [9.17, 15) is 14.4 Å². The molecule has 0 saturated heterocycles. The van der Waals surface area contributed by atoms with Gasteiger partial charge >= 0.3 is 0 Å². The van der Waals surface area contributed by atoms with Crippen molar-refractivity contribution < 1.29 is 18.8 Å². The third-order valence-corrected chi connectivity index (χ3v) is 3.26. The summed E-state index contributed by atoms with van der Waals surface area (Å²) in [6.45, 7) is -0.0891. The van der Waals surface area contributed by atoms with Crippen molar-refractivity contribution in [2.75, 3.05) is 13.1 Å². The van der Waals surface area contributed by atoms with Crippen LogP contribution in [0.5, 0.6) is 0 Å². The van der Waals surface area contributed by atoms with Crippen LogP contribution in [-0.2, 0) is 16.1 Å². The van der Waals surface area contributed by atoms with E-state index < -0.39 is 11.8 Å². The summed E-state index contributed by atoms with van der Waals surface area (Å²) in [5, 5.41) is 8.08. The van der Waals surface area contributed by atoms with Gasteiger partial charge in [-0.25, -0.2) is 0 Å². The molecule has 0 spiro atoms. The van der Waals surface area contributed by atoms with Crippen molar-refractivity contribution >= 4 is 29.3 Å². The lowest BCUT2D eigenvalue weighted by atomic mass is 10.2. The zero-order chi connectivity index (χ0) is 17.4. The zero-order valence-corrected chi connectivity index (χ0v) is 13.4. The van der Waals surface area contributed by atoms with Gasteiger partial charge in [0.15, 0.2) is 5.76 Å². The number of benzene rings is 1. The van der Waals surface area contributed by atoms with Gasteiger partial charge in [-0.3, -0.25) is 14.4 Å². The number of halogens is 1. The maximum absolute atomic E-state index is 11.7. The molecule has 0 radical (unpaired) electrons. The second kappa shape index (κ2) is 8.73. The van der Waals surface area contributed by atoms with Crippen LogP contribution in [0.2, 0.25) is 5.02 Å². The number of carbonyl (C=O) groups is 3. The van der Waals surface area contributed by atoms with Gasteiger partial charge in [0.2, 0.25) is 11.8 Å². The summed E-state index contributed by atoms with van der Waals surface area (Å²) in [7, 11) is 0. The Morgan fingerprint density at radius 3 is 2.25 bits per heavy atom. The van der Waals surface area contributed by atoms with E-state index in [4.69, 9.17) is 16.0 Å². The minimum atomic E-state index is -0.498. The summed E-state index contributed by atoms with van der Waals surface area (Å²) >= 11 is 5.77. The average Bonchev–Trinajstić information content (AvgIpc) is 3.12. The minimum Gasteiger partial charge on any atom is -0.459 e. The lowest BCUT2D eigenvalue weighted by Gasteiger charge is -2.07. The SMILES string of the molecule is O=C(CNC(=O)CNC(=O)c1ccco1)NCc1ccc(Cl)cc1. The van der Waals surface area contributed by atoms with Crippen LogP contribution in [0.3, 0.4) is 0 Å². The van der Waals surface area contributed by atoms with Crippen LogP contribution in [0.25, 0.3) is 0 Å². The van der Waals surface area contributed by atoms with Gasteiger partial charge in [0.1, 0.15) is 0 Å². The van der Waals surface area contributed by atoms with E-state index in [0.717, 1.165) is 5.56 Å². The molecule has 0 saturated carbocycles. The molecule has 2 aromatic rings. The highest BCUT2D eigenvalue weighted by Gasteiger charge is 2.10. The maximum atomic E-state index is 11.7. The van der Waals surface area contributed by atoms with E-state index in [1.807, 2.05) is 0 Å². The molecule has 0 aliphatic heterocycles. The van der Waals surface area contributed by atoms with Crippen molar-refractivity contribution in [3.63, 3.8) is 0 Å². The number of hydrogen-bond donors (Lipinski definition) is 3. The van der Waals surface area contributed by atoms with E-state index in [0.29, 0.717) is 11.6 Å². The molecule has 3 amide bonds. The Labute approximate surface area is 143 Å². The van der Waals surface area contributed by atoms with Gasteiger partial charge in [-0.15, -0.1) is 0 Å². The van der Waals surface area contributed by atoms with Crippen LogP contribution >= 0.6 is 11.6 Å². The van der Waals surface area contributed by atoms with Gasteiger partial charge in [-0.1, -0.05) is 23.7 Å². The summed E-state index contributed by atoms with van der Waals surface area (Å²) in [5.74, 6) is -1.20. The lowest BCUT2D eigenvalue weighted by molar-refractivity contribution is -0.125. The van der Waals surface area contributed by atoms with Crippen molar-refractivity contribution in [1.82, 2.24) is 16.0 Å². The zero-order valence-electron chi connectivity index (χ0n) is 12.7. The first-order valence-electron chi connectivity index (χ1n) is 7.14. The summed E-state index contributed by atoms with van der Waals surface area (Å²) < 4.78 is 4.89. The number of nitrogens with one attached hydrogen (secondary N) is 3. The molecule has 1 heterocycles. The standard InChI is InChI=1S/C16H16ClN3O4/c17-12-5-3-11(4-6-12)8-18-14(21)9-19-15(22)10-20-16(23)13-2-1-7-24-13/h1-7H,8-10H2,(H,18,21)(H,19,22)(H,20,23). The van der Waals surface area contributed by atoms with Gasteiger partial charge in [0, 0.05) is 11.6 Å². The maximum Gasteiger partial charge on any atom is 0.287 e. The molecule has 7 nitrogen and oxygen atoms in total. The summed E-state index contributed by atoms with van der Waals surface area (Å²) in [6.07, 6.45) is 1.36. The fraction of sp³-hybridized carbons (Fsp3) is 0.188. The molecule has 0 fully saturated rings. The van der Waals surface area contributed by atoms with Crippen LogP contribution in [0.4, 0.5) is 0 Å². The average molecular weight is 350 g/mol. The van der Waals surface area contributed by atoms with Gasteiger partial charge in [-0.2, -0.15) is 0 Å². The lowest BCUT2D eigenvalue weighted by Crippen LogP contribution is -2.41. The highest BCUT2D eigenvalue weighted by atomic mass is 35.5. The van der Waals surface area contributed by atoms with Crippen molar-refractivity contribution in [3.05, 3.63) is 59.0 Å². The molecule has 126 valence electrons. The Bertz CT molecular complexity index is 699. The monoisotopic (exact) mass is 349 g/mol. The molecule has 0 aliphatic rings. The molecular formula is C16H16ClN3O4. The largest absolute Gasteiger partial charge is 0.459 e. The number of furan rings is 1. The second-order valence-corrected chi connectivity index (χ2v) is 5.28. The molecule has 0 bridgehead atoms. The molecule has 2 rings (SSSR count). The molecule has 0 aliphatic carbocycles. The summed E-state index contributed by atoms with van der Waals surface area (Å²) in [6, 6.07) is 10.1. The van der Waals surface area contributed by atoms with Crippen molar-refractivity contribution in [3.8, 4) is 0 Å². The Hall–Kier alpha value is -2.80. The van der Waals surface area contributed by atoms with Crippen molar-refractivity contribution in [2.45, 2.75) is 6.54 Å². The van der Waals surface area contributed by atoms with Gasteiger partial charge in [0.25, 0.3) is 5.91 Å². The van der Waals surface area contributed by atoms with Crippen LogP contribution < -0.4 is 16.0 Å². The van der Waals surface area contributed by atoms with Crippen molar-refractivity contribution in [2.24, 2.45) is 0 Å². The fourth-order valence-electron chi connectivity index (χ4n) is 1.76. The van der Waals surface area contributed by atoms with Crippen LogP contribution in [0.1, 0.15) is 16.1 Å². The molecule has 8 heteroatoms. The molecular weight excluding hydrogens is 334 g/mol. The highest BCUT2D eigenvalue weighted by molar-refractivity contribution is 6.30. The van der Waals surface area contributed by atoms with Crippen LogP contribution in [-0.4, -0.2) is 30.8 Å². The first-order valence-corrected chi connectivity index (χ1v) is 7.52. The smallest absolute Gasteiger partial charge is 0.287 e. The molecule has 1 aromatic carbocycles. The number of rotatable bonds is 7. The van der Waals surface area contributed by atoms with Crippen molar-refractivity contribution in [1.29, 1.82) is 0 Å². The topological polar surface area (TPSA) is 100 Å². The number of hydrogen-bond acceptors (Lipinski definition) is 4. The predicted octanol–water partition coefficient (Wildman–Crippen LogP) is 1.10. The predicted molar refractivity (Wildman–Crippen MR) is 87.3 cm³/mol. The van der Waals surface area contributed by atoms with Gasteiger partial charge < -0.3 is 20.4 Å². The first-order chi connectivity index (χ1) is 11.5. The van der Waals surface area contributed by atoms with Crippen LogP contribution in [0.15, 0.2) is 47.1 Å². The molecule has 24 heavy (non-hydrogen) atoms. The fourth-order valence-corrected chi connectivity index (χ4v) is 1.89. The Morgan fingerprint density at radius 2 is 1.58 bits per heavy atom. The summed E-state index contributed by atoms with van der Waals surface area (Å²) in [5.41, 5.74) is 0.893.